The Morgan fingerprint density at radius 2 is 1.96 bits per heavy atom. The van der Waals surface area contributed by atoms with Gasteiger partial charge in [0.25, 0.3) is 5.91 Å². The average Bonchev–Trinajstić information content (AvgIpc) is 2.94. The fourth-order valence-corrected chi connectivity index (χ4v) is 5.63. The zero-order chi connectivity index (χ0) is 19.5. The number of hydrogen-bond acceptors (Lipinski definition) is 3. The summed E-state index contributed by atoms with van der Waals surface area (Å²) in [5, 5.41) is 6.99. The number of carbonyl (C=O) groups excluding carboxylic acids is 1. The first-order chi connectivity index (χ1) is 13.5. The highest BCUT2D eigenvalue weighted by atomic mass is 79.9. The van der Waals surface area contributed by atoms with Crippen molar-refractivity contribution in [3.8, 4) is 0 Å². The second-order valence-electron chi connectivity index (χ2n) is 7.90. The van der Waals surface area contributed by atoms with Gasteiger partial charge in [0.15, 0.2) is 0 Å². The lowest BCUT2D eigenvalue weighted by atomic mass is 9.66. The minimum Gasteiger partial charge on any atom is -0.367 e. The zero-order valence-corrected chi connectivity index (χ0v) is 18.0. The second kappa shape index (κ2) is 6.60. The van der Waals surface area contributed by atoms with Gasteiger partial charge in [-0.25, -0.2) is 0 Å². The minimum absolute atomic E-state index is 0.0786. The number of anilines is 2. The van der Waals surface area contributed by atoms with Crippen LogP contribution in [0.3, 0.4) is 0 Å². The number of halogens is 2. The predicted molar refractivity (Wildman–Crippen MR) is 117 cm³/mol. The third-order valence-corrected chi connectivity index (χ3v) is 7.18. The van der Waals surface area contributed by atoms with Gasteiger partial charge in [-0.05, 0) is 80.6 Å². The molecule has 1 amide bonds. The number of hydrazone groups is 1. The molecule has 144 valence electrons. The molecule has 1 spiro atoms. The Kier molecular flexibility index (Phi) is 4.29. The van der Waals surface area contributed by atoms with Crippen molar-refractivity contribution in [3.05, 3.63) is 57.5 Å². The summed E-state index contributed by atoms with van der Waals surface area (Å²) in [6, 6.07) is 13.9. The van der Waals surface area contributed by atoms with Gasteiger partial charge in [-0.3, -0.25) is 4.79 Å². The van der Waals surface area contributed by atoms with Crippen LogP contribution in [0.5, 0.6) is 0 Å². The summed E-state index contributed by atoms with van der Waals surface area (Å²) >= 11 is 9.64. The van der Waals surface area contributed by atoms with Crippen LogP contribution in [0, 0.1) is 5.41 Å². The van der Waals surface area contributed by atoms with Gasteiger partial charge in [0.1, 0.15) is 5.41 Å². The number of rotatable bonds is 1. The predicted octanol–water partition coefficient (Wildman–Crippen LogP) is 5.43. The maximum atomic E-state index is 13.9. The molecule has 0 radical (unpaired) electrons. The van der Waals surface area contributed by atoms with Crippen LogP contribution >= 0.6 is 27.5 Å². The molecule has 3 aliphatic heterocycles. The first kappa shape index (κ1) is 18.2. The molecular weight excluding hydrogens is 438 g/mol. The first-order valence-electron chi connectivity index (χ1n) is 9.71. The molecule has 0 N–H and O–H groups in total. The van der Waals surface area contributed by atoms with Crippen molar-refractivity contribution in [1.82, 2.24) is 0 Å². The summed E-state index contributed by atoms with van der Waals surface area (Å²) in [5.41, 5.74) is 3.56. The maximum absolute atomic E-state index is 13.9. The largest absolute Gasteiger partial charge is 0.367 e. The van der Waals surface area contributed by atoms with Gasteiger partial charge in [0, 0.05) is 27.8 Å². The zero-order valence-electron chi connectivity index (χ0n) is 15.7. The van der Waals surface area contributed by atoms with E-state index in [4.69, 9.17) is 16.7 Å². The number of amides is 1. The molecule has 28 heavy (non-hydrogen) atoms. The van der Waals surface area contributed by atoms with Gasteiger partial charge < -0.3 is 4.90 Å². The molecule has 0 unspecified atom stereocenters. The summed E-state index contributed by atoms with van der Waals surface area (Å²) in [5.74, 6) is 0.0786. The topological polar surface area (TPSA) is 35.9 Å². The van der Waals surface area contributed by atoms with Crippen molar-refractivity contribution in [1.29, 1.82) is 0 Å². The van der Waals surface area contributed by atoms with Gasteiger partial charge in [-0.15, -0.1) is 0 Å². The van der Waals surface area contributed by atoms with Crippen LogP contribution in [0.15, 0.2) is 52.0 Å². The monoisotopic (exact) mass is 457 g/mol. The lowest BCUT2D eigenvalue weighted by molar-refractivity contribution is -0.125. The average molecular weight is 459 g/mol. The van der Waals surface area contributed by atoms with Gasteiger partial charge >= 0.3 is 0 Å². The smallest absolute Gasteiger partial charge is 0.261 e. The van der Waals surface area contributed by atoms with Crippen molar-refractivity contribution < 1.29 is 4.79 Å². The van der Waals surface area contributed by atoms with E-state index >= 15 is 0 Å². The Balaban J connectivity index is 1.63. The normalized spacial score (nSPS) is 26.3. The van der Waals surface area contributed by atoms with Crippen molar-refractivity contribution >= 4 is 50.5 Å². The SMILES string of the molecule is CC1=NN(c2ccc(Cl)cc2)C(=O)[C@]12Cc1cc(Br)ccc1N1CCCC[C@H]12. The van der Waals surface area contributed by atoms with E-state index in [1.807, 2.05) is 19.1 Å². The molecule has 3 heterocycles. The summed E-state index contributed by atoms with van der Waals surface area (Å²) in [7, 11) is 0. The third kappa shape index (κ3) is 2.56. The standard InChI is InChI=1S/C22H21BrClN3O/c1-14-22(21(28)27(25-14)18-8-6-17(24)7-9-18)13-15-12-16(23)5-10-19(15)26-11-3-2-4-20(22)26/h5-10,12,20H,2-4,11,13H2,1H3/t20-,22+/m0/s1. The van der Waals surface area contributed by atoms with Crippen LogP contribution in [-0.4, -0.2) is 24.2 Å². The Morgan fingerprint density at radius 1 is 1.18 bits per heavy atom. The Bertz CT molecular complexity index is 990. The molecule has 1 fully saturated rings. The van der Waals surface area contributed by atoms with Crippen molar-refractivity contribution in [2.24, 2.45) is 10.5 Å². The molecule has 2 atom stereocenters. The summed E-state index contributed by atoms with van der Waals surface area (Å²) in [6.07, 6.45) is 4.02. The van der Waals surface area contributed by atoms with E-state index in [1.165, 1.54) is 11.3 Å². The number of piperidine rings is 1. The van der Waals surface area contributed by atoms with Crippen molar-refractivity contribution in [2.75, 3.05) is 16.5 Å². The van der Waals surface area contributed by atoms with Crippen LogP contribution in [-0.2, 0) is 11.2 Å². The first-order valence-corrected chi connectivity index (χ1v) is 10.9. The number of hydrogen-bond donors (Lipinski definition) is 0. The number of benzene rings is 2. The highest BCUT2D eigenvalue weighted by molar-refractivity contribution is 9.10. The summed E-state index contributed by atoms with van der Waals surface area (Å²) < 4.78 is 1.05. The van der Waals surface area contributed by atoms with Gasteiger partial charge in [-0.1, -0.05) is 27.5 Å². The molecule has 1 saturated heterocycles. The van der Waals surface area contributed by atoms with E-state index in [0.29, 0.717) is 11.4 Å². The quantitative estimate of drug-likeness (QED) is 0.571. The molecule has 0 bridgehead atoms. The summed E-state index contributed by atoms with van der Waals surface area (Å²) in [6.45, 7) is 3.01. The Morgan fingerprint density at radius 3 is 2.75 bits per heavy atom. The molecule has 0 aliphatic carbocycles. The highest BCUT2D eigenvalue weighted by Gasteiger charge is 2.59. The van der Waals surface area contributed by atoms with Gasteiger partial charge in [-0.2, -0.15) is 10.1 Å². The molecule has 5 rings (SSSR count). The molecule has 0 aromatic heterocycles. The Labute approximate surface area is 178 Å². The molecule has 3 aliphatic rings. The van der Waals surface area contributed by atoms with Crippen molar-refractivity contribution in [3.63, 3.8) is 0 Å². The number of nitrogens with zero attached hydrogens (tertiary/aromatic N) is 3. The molecule has 2 aromatic carbocycles. The fourth-order valence-electron chi connectivity index (χ4n) is 5.10. The van der Waals surface area contributed by atoms with E-state index in [0.717, 1.165) is 41.7 Å². The lowest BCUT2D eigenvalue weighted by Gasteiger charge is -2.51. The number of fused-ring (bicyclic) bond motifs is 4. The minimum atomic E-state index is -0.603. The van der Waals surface area contributed by atoms with Crippen LogP contribution in [0.1, 0.15) is 31.7 Å². The van der Waals surface area contributed by atoms with Crippen LogP contribution in [0.25, 0.3) is 0 Å². The molecule has 0 saturated carbocycles. The maximum Gasteiger partial charge on any atom is 0.261 e. The molecule has 2 aromatic rings. The third-order valence-electron chi connectivity index (χ3n) is 6.43. The van der Waals surface area contributed by atoms with Crippen LogP contribution < -0.4 is 9.91 Å². The highest BCUT2D eigenvalue weighted by Crippen LogP contribution is 2.50. The Hall–Kier alpha value is -1.85. The molecular formula is C22H21BrClN3O. The van der Waals surface area contributed by atoms with Gasteiger partial charge in [0.2, 0.25) is 0 Å². The van der Waals surface area contributed by atoms with Gasteiger partial charge in [0.05, 0.1) is 11.4 Å². The van der Waals surface area contributed by atoms with E-state index in [2.05, 4.69) is 39.0 Å². The molecule has 4 nitrogen and oxygen atoms in total. The number of carbonyl (C=O) groups is 1. The summed E-state index contributed by atoms with van der Waals surface area (Å²) in [4.78, 5) is 16.3. The van der Waals surface area contributed by atoms with Crippen LogP contribution in [0.2, 0.25) is 5.02 Å². The second-order valence-corrected chi connectivity index (χ2v) is 9.26. The van der Waals surface area contributed by atoms with Crippen LogP contribution in [0.4, 0.5) is 11.4 Å². The van der Waals surface area contributed by atoms with E-state index in [1.54, 1.807) is 17.1 Å². The van der Waals surface area contributed by atoms with E-state index in [-0.39, 0.29) is 11.9 Å². The van der Waals surface area contributed by atoms with E-state index in [9.17, 15) is 4.79 Å². The molecule has 6 heteroatoms. The van der Waals surface area contributed by atoms with E-state index < -0.39 is 5.41 Å². The lowest BCUT2D eigenvalue weighted by Crippen LogP contribution is -2.61. The fraction of sp³-hybridized carbons (Fsp3) is 0.364. The van der Waals surface area contributed by atoms with Crippen molar-refractivity contribution in [2.45, 2.75) is 38.6 Å².